The fourth-order valence-electron chi connectivity index (χ4n) is 2.91. The molecule has 0 aliphatic carbocycles. The smallest absolute Gasteiger partial charge is 0.338 e. The number of ether oxygens (including phenoxy) is 1. The molecule has 0 fully saturated rings. The van der Waals surface area contributed by atoms with E-state index in [-0.39, 0.29) is 0 Å². The summed E-state index contributed by atoms with van der Waals surface area (Å²) in [5.41, 5.74) is 2.52. The van der Waals surface area contributed by atoms with Crippen LogP contribution >= 0.6 is 0 Å². The molecule has 154 valence electrons. The Kier molecular flexibility index (Phi) is 5.82. The van der Waals surface area contributed by atoms with Crippen LogP contribution in [0.15, 0.2) is 54.7 Å². The Hall–Kier alpha value is -3.74. The number of amides is 1. The van der Waals surface area contributed by atoms with Gasteiger partial charge in [0, 0.05) is 11.6 Å². The number of carbonyl (C=O) groups excluding carboxylic acids is 2. The van der Waals surface area contributed by atoms with Crippen LogP contribution < -0.4 is 5.32 Å². The van der Waals surface area contributed by atoms with Crippen LogP contribution in [0.4, 0.5) is 0 Å². The first-order chi connectivity index (χ1) is 14.1. The van der Waals surface area contributed by atoms with Crippen molar-refractivity contribution in [1.29, 1.82) is 0 Å². The lowest BCUT2D eigenvalue weighted by Gasteiger charge is -2.19. The number of hydrogen-bond acceptors (Lipinski definition) is 5. The minimum Gasteiger partial charge on any atom is -0.480 e. The molecule has 0 aliphatic rings. The van der Waals surface area contributed by atoms with Crippen LogP contribution in [0.5, 0.6) is 0 Å². The van der Waals surface area contributed by atoms with Crippen LogP contribution in [0.25, 0.3) is 22.0 Å². The van der Waals surface area contributed by atoms with Crippen molar-refractivity contribution in [2.45, 2.75) is 26.4 Å². The van der Waals surface area contributed by atoms with E-state index >= 15 is 0 Å². The minimum absolute atomic E-state index is 0.341. The maximum Gasteiger partial charge on any atom is 0.338 e. The molecule has 7 nitrogen and oxygen atoms in total. The third kappa shape index (κ3) is 5.00. The number of aliphatic carboxylic acids is 1. The van der Waals surface area contributed by atoms with Crippen LogP contribution in [0, 0.1) is 0 Å². The number of hydrogen-bond donors (Lipinski definition) is 2. The first-order valence-corrected chi connectivity index (χ1v) is 9.36. The molecule has 1 aromatic heterocycles. The molecule has 2 N–H and O–H groups in total. The van der Waals surface area contributed by atoms with Gasteiger partial charge in [-0.2, -0.15) is 0 Å². The van der Waals surface area contributed by atoms with Gasteiger partial charge in [-0.15, -0.1) is 0 Å². The summed E-state index contributed by atoms with van der Waals surface area (Å²) in [6.07, 6.45) is 1.51. The van der Waals surface area contributed by atoms with E-state index in [4.69, 9.17) is 9.84 Å². The molecule has 3 rings (SSSR count). The van der Waals surface area contributed by atoms with Gasteiger partial charge in [0.25, 0.3) is 5.91 Å². The van der Waals surface area contributed by atoms with Crippen LogP contribution in [-0.2, 0) is 9.53 Å². The summed E-state index contributed by atoms with van der Waals surface area (Å²) in [7, 11) is 0. The first kappa shape index (κ1) is 21.0. The molecule has 0 saturated heterocycles. The van der Waals surface area contributed by atoms with Gasteiger partial charge in [-0.25, -0.2) is 4.79 Å². The van der Waals surface area contributed by atoms with Crippen molar-refractivity contribution in [3.8, 4) is 11.1 Å². The van der Waals surface area contributed by atoms with Crippen molar-refractivity contribution in [3.63, 3.8) is 0 Å². The number of nitrogens with zero attached hydrogens (tertiary/aromatic N) is 1. The summed E-state index contributed by atoms with van der Waals surface area (Å²) in [5.74, 6) is -2.00. The van der Waals surface area contributed by atoms with Crippen molar-refractivity contribution < 1.29 is 24.2 Å². The van der Waals surface area contributed by atoms with Gasteiger partial charge in [-0.05, 0) is 62.2 Å². The average Bonchev–Trinajstić information content (AvgIpc) is 2.70. The lowest BCUT2D eigenvalue weighted by molar-refractivity contribution is -0.135. The van der Waals surface area contributed by atoms with Gasteiger partial charge in [0.15, 0.2) is 0 Å². The highest BCUT2D eigenvalue weighted by molar-refractivity contribution is 6.07. The molecule has 0 saturated carbocycles. The van der Waals surface area contributed by atoms with Crippen molar-refractivity contribution in [3.05, 3.63) is 65.9 Å². The van der Waals surface area contributed by atoms with Crippen LogP contribution in [0.2, 0.25) is 0 Å². The molecule has 0 spiro atoms. The van der Waals surface area contributed by atoms with Crippen LogP contribution in [0.3, 0.4) is 0 Å². The number of nitrogens with one attached hydrogen (secondary N) is 1. The number of carbonyl (C=O) groups is 3. The second kappa shape index (κ2) is 8.32. The van der Waals surface area contributed by atoms with Gasteiger partial charge in [0.1, 0.15) is 12.1 Å². The molecule has 0 atom stereocenters. The number of aromatic nitrogens is 1. The van der Waals surface area contributed by atoms with Crippen molar-refractivity contribution in [1.82, 2.24) is 10.3 Å². The molecular weight excluding hydrogens is 384 g/mol. The topological polar surface area (TPSA) is 106 Å². The van der Waals surface area contributed by atoms with Crippen molar-refractivity contribution in [2.24, 2.45) is 0 Å². The second-order valence-electron chi connectivity index (χ2n) is 7.75. The second-order valence-corrected chi connectivity index (χ2v) is 7.75. The lowest BCUT2D eigenvalue weighted by atomic mass is 9.99. The lowest BCUT2D eigenvalue weighted by Crippen LogP contribution is -2.29. The third-order valence-electron chi connectivity index (χ3n) is 4.24. The molecule has 0 aliphatic heterocycles. The maximum absolute atomic E-state index is 12.4. The SMILES string of the molecule is CC(C)(C)OC(=O)c1ccc(-c2ccc3nccc(C(=O)NCC(=O)O)c3c2)cc1. The van der Waals surface area contributed by atoms with E-state index in [2.05, 4.69) is 10.3 Å². The fourth-order valence-corrected chi connectivity index (χ4v) is 2.91. The van der Waals surface area contributed by atoms with E-state index in [0.717, 1.165) is 11.1 Å². The number of fused-ring (bicyclic) bond motifs is 1. The Bertz CT molecular complexity index is 1110. The Morgan fingerprint density at radius 1 is 1.00 bits per heavy atom. The van der Waals surface area contributed by atoms with Crippen molar-refractivity contribution >= 4 is 28.7 Å². The molecule has 2 aromatic carbocycles. The van der Waals surface area contributed by atoms with E-state index < -0.39 is 30.0 Å². The third-order valence-corrected chi connectivity index (χ3v) is 4.24. The molecule has 3 aromatic rings. The van der Waals surface area contributed by atoms with Gasteiger partial charge in [0.05, 0.1) is 16.6 Å². The van der Waals surface area contributed by atoms with E-state index in [9.17, 15) is 14.4 Å². The number of carboxylic acid groups (broad SMARTS) is 1. The van der Waals surface area contributed by atoms with E-state index in [1.165, 1.54) is 6.20 Å². The zero-order chi connectivity index (χ0) is 21.9. The predicted octanol–water partition coefficient (Wildman–Crippen LogP) is 3.67. The maximum atomic E-state index is 12.4. The average molecular weight is 406 g/mol. The monoisotopic (exact) mass is 406 g/mol. The highest BCUT2D eigenvalue weighted by Crippen LogP contribution is 2.26. The van der Waals surface area contributed by atoms with Gasteiger partial charge in [0.2, 0.25) is 0 Å². The summed E-state index contributed by atoms with van der Waals surface area (Å²) in [6.45, 7) is 4.97. The molecular formula is C23H22N2O5. The van der Waals surface area contributed by atoms with Crippen LogP contribution in [-0.4, -0.2) is 40.1 Å². The van der Waals surface area contributed by atoms with Gasteiger partial charge < -0.3 is 15.2 Å². The Morgan fingerprint density at radius 3 is 2.30 bits per heavy atom. The van der Waals surface area contributed by atoms with Gasteiger partial charge >= 0.3 is 11.9 Å². The normalized spacial score (nSPS) is 11.2. The molecule has 0 unspecified atom stereocenters. The highest BCUT2D eigenvalue weighted by atomic mass is 16.6. The Labute approximate surface area is 173 Å². The highest BCUT2D eigenvalue weighted by Gasteiger charge is 2.18. The molecule has 30 heavy (non-hydrogen) atoms. The predicted molar refractivity (Wildman–Crippen MR) is 112 cm³/mol. The van der Waals surface area contributed by atoms with E-state index in [1.807, 2.05) is 32.9 Å². The van der Waals surface area contributed by atoms with Gasteiger partial charge in [-0.3, -0.25) is 14.6 Å². The number of rotatable bonds is 5. The minimum atomic E-state index is -1.12. The Balaban J connectivity index is 1.91. The summed E-state index contributed by atoms with van der Waals surface area (Å²) in [6, 6.07) is 14.0. The molecule has 1 heterocycles. The quantitative estimate of drug-likeness (QED) is 0.626. The number of benzene rings is 2. The Morgan fingerprint density at radius 2 is 1.67 bits per heavy atom. The summed E-state index contributed by atoms with van der Waals surface area (Å²) in [5, 5.41) is 11.8. The zero-order valence-electron chi connectivity index (χ0n) is 16.9. The van der Waals surface area contributed by atoms with Gasteiger partial charge in [-0.1, -0.05) is 18.2 Å². The largest absolute Gasteiger partial charge is 0.480 e. The van der Waals surface area contributed by atoms with Crippen molar-refractivity contribution in [2.75, 3.05) is 6.54 Å². The number of esters is 1. The molecule has 7 heteroatoms. The first-order valence-electron chi connectivity index (χ1n) is 9.36. The number of carboxylic acids is 1. The summed E-state index contributed by atoms with van der Waals surface area (Å²) in [4.78, 5) is 39.6. The standard InChI is InChI=1S/C23H22N2O5/c1-23(2,3)30-22(29)15-6-4-14(5-7-15)16-8-9-19-18(12-16)17(10-11-24-19)21(28)25-13-20(26)27/h4-12H,13H2,1-3H3,(H,25,28)(H,26,27). The van der Waals surface area contributed by atoms with Crippen LogP contribution in [0.1, 0.15) is 41.5 Å². The van der Waals surface area contributed by atoms with E-state index in [0.29, 0.717) is 22.0 Å². The summed E-state index contributed by atoms with van der Waals surface area (Å²) >= 11 is 0. The molecule has 0 radical (unpaired) electrons. The fraction of sp³-hybridized carbons (Fsp3) is 0.217. The summed E-state index contributed by atoms with van der Waals surface area (Å²) < 4.78 is 5.38. The van der Waals surface area contributed by atoms with E-state index in [1.54, 1.807) is 36.4 Å². The zero-order valence-corrected chi connectivity index (χ0v) is 16.9. The molecule has 1 amide bonds. The molecule has 0 bridgehead atoms. The number of pyridine rings is 1.